The fourth-order valence-electron chi connectivity index (χ4n) is 0.468. The standard InChI is InChI=1S/C6H12N2O3Si/c1-2-3-12-8-6(11)7-4-5(9)10/h2-4H2,1H3,(H,9,10)(H2,7,8,11). The van der Waals surface area contributed by atoms with Crippen LogP contribution in [0.5, 0.6) is 0 Å². The molecular formula is C6H12N2O3Si. The van der Waals surface area contributed by atoms with Crippen molar-refractivity contribution in [2.75, 3.05) is 6.54 Å². The van der Waals surface area contributed by atoms with Gasteiger partial charge in [0.15, 0.2) is 9.68 Å². The molecule has 0 fully saturated rings. The molecule has 2 amide bonds. The number of carbonyl (C=O) groups excluding carboxylic acids is 1. The topological polar surface area (TPSA) is 78.4 Å². The minimum Gasteiger partial charge on any atom is -0.480 e. The van der Waals surface area contributed by atoms with Gasteiger partial charge in [0.25, 0.3) is 0 Å². The SMILES string of the molecule is CCC[Si]NC(=O)NCC(=O)O. The number of amides is 2. The molecule has 0 spiro atoms. The van der Waals surface area contributed by atoms with Crippen molar-refractivity contribution in [2.24, 2.45) is 0 Å². The molecule has 0 bridgehead atoms. The van der Waals surface area contributed by atoms with Crippen molar-refractivity contribution >= 4 is 21.7 Å². The fraction of sp³-hybridized carbons (Fsp3) is 0.667. The Balaban J connectivity index is 3.28. The van der Waals surface area contributed by atoms with Crippen LogP contribution < -0.4 is 10.3 Å². The molecule has 12 heavy (non-hydrogen) atoms. The van der Waals surface area contributed by atoms with Gasteiger partial charge in [-0.1, -0.05) is 13.3 Å². The number of hydrogen-bond acceptors (Lipinski definition) is 2. The Labute approximate surface area is 73.4 Å². The van der Waals surface area contributed by atoms with Crippen LogP contribution >= 0.6 is 0 Å². The van der Waals surface area contributed by atoms with Crippen LogP contribution in [0.4, 0.5) is 4.79 Å². The molecule has 0 unspecified atom stereocenters. The largest absolute Gasteiger partial charge is 0.480 e. The van der Waals surface area contributed by atoms with E-state index in [1.165, 1.54) is 0 Å². The van der Waals surface area contributed by atoms with E-state index < -0.39 is 12.0 Å². The van der Waals surface area contributed by atoms with E-state index in [1.54, 1.807) is 0 Å². The Kier molecular flexibility index (Phi) is 6.08. The van der Waals surface area contributed by atoms with Crippen LogP contribution in [-0.4, -0.2) is 33.3 Å². The van der Waals surface area contributed by atoms with Crippen LogP contribution in [0.2, 0.25) is 6.04 Å². The molecule has 0 aromatic heterocycles. The maximum atomic E-state index is 10.7. The zero-order valence-electron chi connectivity index (χ0n) is 6.89. The highest BCUT2D eigenvalue weighted by Gasteiger charge is 2.01. The molecule has 6 heteroatoms. The molecule has 0 saturated carbocycles. The number of aliphatic carboxylic acids is 1. The second kappa shape index (κ2) is 6.65. The first kappa shape index (κ1) is 11.0. The predicted molar refractivity (Wildman–Crippen MR) is 45.0 cm³/mol. The van der Waals surface area contributed by atoms with Gasteiger partial charge in [-0.15, -0.1) is 0 Å². The molecular weight excluding hydrogens is 176 g/mol. The van der Waals surface area contributed by atoms with E-state index in [2.05, 4.69) is 10.3 Å². The van der Waals surface area contributed by atoms with Crippen LogP contribution in [0.1, 0.15) is 13.3 Å². The Morgan fingerprint density at radius 1 is 1.50 bits per heavy atom. The molecule has 0 rings (SSSR count). The summed E-state index contributed by atoms with van der Waals surface area (Å²) in [6.45, 7) is 1.69. The predicted octanol–water partition coefficient (Wildman–Crippen LogP) is -0.182. The molecule has 68 valence electrons. The third-order valence-corrected chi connectivity index (χ3v) is 2.13. The van der Waals surface area contributed by atoms with Gasteiger partial charge in [0.2, 0.25) is 0 Å². The van der Waals surface area contributed by atoms with Gasteiger partial charge >= 0.3 is 12.0 Å². The van der Waals surface area contributed by atoms with Crippen LogP contribution in [0, 0.1) is 0 Å². The van der Waals surface area contributed by atoms with Gasteiger partial charge in [-0.25, -0.2) is 4.79 Å². The molecule has 5 nitrogen and oxygen atoms in total. The number of carboxylic acids is 1. The van der Waals surface area contributed by atoms with Crippen molar-refractivity contribution in [3.8, 4) is 0 Å². The Morgan fingerprint density at radius 3 is 2.67 bits per heavy atom. The zero-order valence-corrected chi connectivity index (χ0v) is 7.89. The van der Waals surface area contributed by atoms with Crippen molar-refractivity contribution in [3.63, 3.8) is 0 Å². The van der Waals surface area contributed by atoms with Gasteiger partial charge in [0, 0.05) is 0 Å². The van der Waals surface area contributed by atoms with Crippen molar-refractivity contribution in [2.45, 2.75) is 19.4 Å². The van der Waals surface area contributed by atoms with Crippen LogP contribution in [-0.2, 0) is 4.79 Å². The van der Waals surface area contributed by atoms with Gasteiger partial charge in [0.1, 0.15) is 6.54 Å². The highest BCUT2D eigenvalue weighted by molar-refractivity contribution is 6.36. The average Bonchev–Trinajstić information content (AvgIpc) is 2.01. The summed E-state index contributed by atoms with van der Waals surface area (Å²) in [6.07, 6.45) is 1.01. The van der Waals surface area contributed by atoms with Crippen molar-refractivity contribution < 1.29 is 14.7 Å². The lowest BCUT2D eigenvalue weighted by Crippen LogP contribution is -2.40. The maximum Gasteiger partial charge on any atom is 0.323 e. The number of urea groups is 1. The van der Waals surface area contributed by atoms with Gasteiger partial charge in [-0.2, -0.15) is 0 Å². The first-order valence-corrected chi connectivity index (χ1v) is 4.86. The average molecular weight is 188 g/mol. The summed E-state index contributed by atoms with van der Waals surface area (Å²) in [6, 6.07) is 0.518. The minimum atomic E-state index is -1.04. The fourth-order valence-corrected chi connectivity index (χ4v) is 1.09. The number of nitrogens with one attached hydrogen (secondary N) is 2. The van der Waals surface area contributed by atoms with E-state index in [4.69, 9.17) is 5.11 Å². The molecule has 2 radical (unpaired) electrons. The first-order valence-electron chi connectivity index (χ1n) is 3.65. The first-order chi connectivity index (χ1) is 5.66. The van der Waals surface area contributed by atoms with E-state index in [-0.39, 0.29) is 6.54 Å². The molecule has 0 aromatic carbocycles. The lowest BCUT2D eigenvalue weighted by atomic mass is 10.6. The molecule has 0 aliphatic rings. The van der Waals surface area contributed by atoms with Crippen LogP contribution in [0.3, 0.4) is 0 Å². The number of hydrogen-bond donors (Lipinski definition) is 3. The summed E-state index contributed by atoms with van der Waals surface area (Å²) < 4.78 is 0. The van der Waals surface area contributed by atoms with Crippen LogP contribution in [0.15, 0.2) is 0 Å². The quantitative estimate of drug-likeness (QED) is 0.413. The van der Waals surface area contributed by atoms with Crippen LogP contribution in [0.25, 0.3) is 0 Å². The Morgan fingerprint density at radius 2 is 2.17 bits per heavy atom. The van der Waals surface area contributed by atoms with Gasteiger partial charge in [-0.3, -0.25) is 4.79 Å². The molecule has 0 aliphatic heterocycles. The molecule has 3 N–H and O–H groups in total. The lowest BCUT2D eigenvalue weighted by Gasteiger charge is -2.02. The lowest BCUT2D eigenvalue weighted by molar-refractivity contribution is -0.135. The van der Waals surface area contributed by atoms with E-state index >= 15 is 0 Å². The number of carboxylic acid groups (broad SMARTS) is 1. The van der Waals surface area contributed by atoms with Crippen molar-refractivity contribution in [3.05, 3.63) is 0 Å². The van der Waals surface area contributed by atoms with E-state index in [9.17, 15) is 9.59 Å². The highest BCUT2D eigenvalue weighted by atomic mass is 28.2. The third kappa shape index (κ3) is 7.07. The summed E-state index contributed by atoms with van der Waals surface area (Å²) in [5.41, 5.74) is 0. The summed E-state index contributed by atoms with van der Waals surface area (Å²) in [7, 11) is 0.361. The smallest absolute Gasteiger partial charge is 0.323 e. The van der Waals surface area contributed by atoms with Gasteiger partial charge in [-0.05, 0) is 6.04 Å². The Bertz CT molecular complexity index is 163. The second-order valence-corrected chi connectivity index (χ2v) is 3.23. The zero-order chi connectivity index (χ0) is 9.40. The molecule has 0 aromatic rings. The van der Waals surface area contributed by atoms with Crippen molar-refractivity contribution in [1.82, 2.24) is 10.3 Å². The summed E-state index contributed by atoms with van der Waals surface area (Å²) in [5.74, 6) is -1.04. The second-order valence-electron chi connectivity index (χ2n) is 2.13. The normalized spacial score (nSPS) is 9.08. The summed E-state index contributed by atoms with van der Waals surface area (Å²) >= 11 is 0. The van der Waals surface area contributed by atoms with E-state index in [1.807, 2.05) is 6.92 Å². The van der Waals surface area contributed by atoms with E-state index in [0.29, 0.717) is 9.68 Å². The van der Waals surface area contributed by atoms with E-state index in [0.717, 1.165) is 12.5 Å². The number of rotatable bonds is 5. The number of carbonyl (C=O) groups is 2. The molecule has 0 heterocycles. The van der Waals surface area contributed by atoms with Gasteiger partial charge in [0.05, 0.1) is 0 Å². The third-order valence-electron chi connectivity index (χ3n) is 0.977. The minimum absolute atomic E-state index is 0.331. The molecule has 0 atom stereocenters. The monoisotopic (exact) mass is 188 g/mol. The maximum absolute atomic E-state index is 10.7. The summed E-state index contributed by atoms with van der Waals surface area (Å²) in [5, 5.41) is 10.4. The molecule has 0 saturated heterocycles. The highest BCUT2D eigenvalue weighted by Crippen LogP contribution is 1.81. The Hall–Kier alpha value is -1.04. The van der Waals surface area contributed by atoms with Gasteiger partial charge < -0.3 is 15.4 Å². The summed E-state index contributed by atoms with van der Waals surface area (Å²) in [4.78, 5) is 23.3. The molecule has 0 aliphatic carbocycles. The van der Waals surface area contributed by atoms with Crippen molar-refractivity contribution in [1.29, 1.82) is 0 Å².